The summed E-state index contributed by atoms with van der Waals surface area (Å²) >= 11 is 0. The van der Waals surface area contributed by atoms with E-state index in [1.54, 1.807) is 0 Å². The smallest absolute Gasteiger partial charge is 0.748 e. The molecule has 0 radical (unpaired) electrons. The molecule has 0 aromatic rings. The van der Waals surface area contributed by atoms with Crippen LogP contribution >= 0.6 is 0 Å². The molecule has 0 aliphatic heterocycles. The molecule has 15 heavy (non-hydrogen) atoms. The summed E-state index contributed by atoms with van der Waals surface area (Å²) in [7, 11) is -4.13. The van der Waals surface area contributed by atoms with E-state index in [9.17, 15) is 18.1 Å². The van der Waals surface area contributed by atoms with Crippen LogP contribution in [0.2, 0.25) is 0 Å². The average Bonchev–Trinajstić information content (AvgIpc) is 2.07. The van der Waals surface area contributed by atoms with Crippen molar-refractivity contribution in [1.29, 1.82) is 0 Å². The van der Waals surface area contributed by atoms with Gasteiger partial charge < -0.3 is 15.0 Å². The number of hydrogen-bond acceptors (Lipinski definition) is 5. The van der Waals surface area contributed by atoms with Crippen LogP contribution in [0, 0.1) is 0 Å². The van der Waals surface area contributed by atoms with Crippen LogP contribution in [-0.4, -0.2) is 43.0 Å². The molecule has 0 fully saturated rings. The monoisotopic (exact) mass is 247 g/mol. The molecule has 0 bridgehead atoms. The quantitative estimate of drug-likeness (QED) is 0.266. The summed E-state index contributed by atoms with van der Waals surface area (Å²) in [4.78, 5) is 0. The van der Waals surface area contributed by atoms with E-state index in [0.717, 1.165) is 12.8 Å². The zero-order chi connectivity index (χ0) is 11.0. The average molecular weight is 247 g/mol. The number of aliphatic hydroxyl groups is 1. The maximum absolute atomic E-state index is 10.2. The number of unbranched alkanes of at least 4 members (excludes halogenated alkanes) is 1. The van der Waals surface area contributed by atoms with Gasteiger partial charge in [-0.05, 0) is 6.42 Å². The summed E-state index contributed by atoms with van der Waals surface area (Å²) in [6.45, 7) is 2.48. The van der Waals surface area contributed by atoms with Gasteiger partial charge in [-0.15, -0.1) is 0 Å². The van der Waals surface area contributed by atoms with Crippen LogP contribution in [0.3, 0.4) is 0 Å². The van der Waals surface area contributed by atoms with Crippen molar-refractivity contribution < 1.29 is 47.6 Å². The van der Waals surface area contributed by atoms with Crippen molar-refractivity contribution in [3.63, 3.8) is 0 Å². The molecule has 0 saturated heterocycles. The molecule has 0 aromatic carbocycles. The van der Waals surface area contributed by atoms with Gasteiger partial charge in [0.1, 0.15) is 0 Å². The topological polar surface area (TPSA) is 89.5 Å². The van der Waals surface area contributed by atoms with E-state index in [4.69, 9.17) is 0 Å². The number of nitrogens with one attached hydrogen (secondary N) is 1. The van der Waals surface area contributed by atoms with Crippen LogP contribution in [0.4, 0.5) is 0 Å². The van der Waals surface area contributed by atoms with Crippen molar-refractivity contribution >= 4 is 10.1 Å². The molecule has 5 nitrogen and oxygen atoms in total. The Hall–Kier alpha value is 0.830. The van der Waals surface area contributed by atoms with Crippen molar-refractivity contribution in [3.8, 4) is 0 Å². The Morgan fingerprint density at radius 3 is 2.53 bits per heavy atom. The minimum Gasteiger partial charge on any atom is -0.748 e. The second kappa shape index (κ2) is 10.0. The van der Waals surface area contributed by atoms with Gasteiger partial charge in [0.05, 0.1) is 22.0 Å². The second-order valence-electron chi connectivity index (χ2n) is 3.26. The summed E-state index contributed by atoms with van der Waals surface area (Å²) in [6, 6.07) is 0. The molecule has 0 aromatic heterocycles. The van der Waals surface area contributed by atoms with Gasteiger partial charge in [-0.1, -0.05) is 19.8 Å². The molecule has 7 heteroatoms. The molecule has 0 aliphatic rings. The van der Waals surface area contributed by atoms with E-state index in [1.165, 1.54) is 0 Å². The van der Waals surface area contributed by atoms with Crippen LogP contribution < -0.4 is 34.9 Å². The van der Waals surface area contributed by atoms with Gasteiger partial charge >= 0.3 is 29.6 Å². The Morgan fingerprint density at radius 2 is 2.07 bits per heavy atom. The van der Waals surface area contributed by atoms with Crippen molar-refractivity contribution in [3.05, 3.63) is 0 Å². The number of rotatable bonds is 8. The first kappa shape index (κ1) is 18.2. The summed E-state index contributed by atoms with van der Waals surface area (Å²) in [5.41, 5.74) is 0. The third kappa shape index (κ3) is 14.8. The fraction of sp³-hybridized carbons (Fsp3) is 1.00. The number of aliphatic hydroxyl groups excluding tert-OH is 1. The van der Waals surface area contributed by atoms with Crippen LogP contribution in [0.15, 0.2) is 0 Å². The van der Waals surface area contributed by atoms with Crippen LogP contribution in [0.25, 0.3) is 0 Å². The van der Waals surface area contributed by atoms with E-state index in [0.29, 0.717) is 13.0 Å². The first-order valence-corrected chi connectivity index (χ1v) is 6.35. The zero-order valence-corrected chi connectivity index (χ0v) is 12.2. The van der Waals surface area contributed by atoms with Crippen LogP contribution in [0.1, 0.15) is 26.2 Å². The van der Waals surface area contributed by atoms with Gasteiger partial charge in [0.2, 0.25) is 0 Å². The van der Waals surface area contributed by atoms with Crippen molar-refractivity contribution in [2.24, 2.45) is 0 Å². The molecule has 0 spiro atoms. The van der Waals surface area contributed by atoms with Crippen LogP contribution in [0.5, 0.6) is 0 Å². The van der Waals surface area contributed by atoms with Gasteiger partial charge in [0.15, 0.2) is 0 Å². The maximum atomic E-state index is 10.2. The Morgan fingerprint density at radius 1 is 1.47 bits per heavy atom. The Bertz CT molecular complexity index is 233. The molecule has 0 amide bonds. The van der Waals surface area contributed by atoms with E-state index in [2.05, 4.69) is 5.32 Å². The summed E-state index contributed by atoms with van der Waals surface area (Å²) in [5, 5.41) is 12.0. The van der Waals surface area contributed by atoms with Crippen molar-refractivity contribution in [2.45, 2.75) is 32.3 Å². The molecular formula is C8H18NNaO4S. The Kier molecular flexibility index (Phi) is 12.2. The van der Waals surface area contributed by atoms with Gasteiger partial charge in [-0.2, -0.15) is 0 Å². The molecule has 2 N–H and O–H groups in total. The van der Waals surface area contributed by atoms with Gasteiger partial charge in [0, 0.05) is 13.1 Å². The largest absolute Gasteiger partial charge is 1.00 e. The minimum atomic E-state index is -4.13. The van der Waals surface area contributed by atoms with Gasteiger partial charge in [-0.25, -0.2) is 8.42 Å². The van der Waals surface area contributed by atoms with E-state index >= 15 is 0 Å². The van der Waals surface area contributed by atoms with Crippen LogP contribution in [-0.2, 0) is 10.1 Å². The van der Waals surface area contributed by atoms with Crippen molar-refractivity contribution in [2.75, 3.05) is 18.8 Å². The van der Waals surface area contributed by atoms with E-state index in [-0.39, 0.29) is 36.1 Å². The molecular weight excluding hydrogens is 229 g/mol. The number of hydrogen-bond donors (Lipinski definition) is 2. The SMILES string of the molecule is CCCCC(O)CNCCS(=O)(=O)[O-].[Na+]. The first-order chi connectivity index (χ1) is 6.45. The third-order valence-electron chi connectivity index (χ3n) is 1.80. The molecule has 0 aliphatic carbocycles. The molecule has 0 heterocycles. The molecule has 1 atom stereocenters. The molecule has 86 valence electrons. The fourth-order valence-corrected chi connectivity index (χ4v) is 1.40. The molecule has 0 rings (SSSR count). The minimum absolute atomic E-state index is 0. The van der Waals surface area contributed by atoms with Crippen molar-refractivity contribution in [1.82, 2.24) is 5.32 Å². The molecule has 1 unspecified atom stereocenters. The second-order valence-corrected chi connectivity index (χ2v) is 4.79. The standard InChI is InChI=1S/C8H19NO4S.Na/c1-2-3-4-8(10)7-9-5-6-14(11,12)13;/h8-10H,2-7H2,1H3,(H,11,12,13);/q;+1/p-1. The van der Waals surface area contributed by atoms with E-state index < -0.39 is 22.0 Å². The van der Waals surface area contributed by atoms with E-state index in [1.807, 2.05) is 6.92 Å². The summed E-state index contributed by atoms with van der Waals surface area (Å²) < 4.78 is 30.6. The zero-order valence-electron chi connectivity index (χ0n) is 9.40. The fourth-order valence-electron chi connectivity index (χ4n) is 1.01. The van der Waals surface area contributed by atoms with Gasteiger partial charge in [0.25, 0.3) is 0 Å². The Labute approximate surface area is 114 Å². The maximum Gasteiger partial charge on any atom is 1.00 e. The molecule has 0 saturated carbocycles. The van der Waals surface area contributed by atoms with Gasteiger partial charge in [-0.3, -0.25) is 0 Å². The third-order valence-corrected chi connectivity index (χ3v) is 2.50. The normalized spacial score (nSPS) is 13.3. The Balaban J connectivity index is 0. The first-order valence-electron chi connectivity index (χ1n) is 4.78. The predicted octanol–water partition coefficient (Wildman–Crippen LogP) is -3.32. The summed E-state index contributed by atoms with van der Waals surface area (Å²) in [6.07, 6.45) is 2.21. The summed E-state index contributed by atoms with van der Waals surface area (Å²) in [5.74, 6) is -0.423. The predicted molar refractivity (Wildman–Crippen MR) is 53.0 cm³/mol.